The molecular weight excluding hydrogens is 251 g/mol. The first kappa shape index (κ1) is 13.1. The van der Waals surface area contributed by atoms with Gasteiger partial charge in [0.2, 0.25) is 0 Å². The molecule has 0 bridgehead atoms. The Morgan fingerprint density at radius 2 is 2.21 bits per heavy atom. The van der Waals surface area contributed by atoms with Crippen LogP contribution in [0.2, 0.25) is 0 Å². The van der Waals surface area contributed by atoms with Crippen molar-refractivity contribution in [2.45, 2.75) is 13.8 Å². The van der Waals surface area contributed by atoms with Gasteiger partial charge in [-0.1, -0.05) is 0 Å². The molecule has 0 aliphatic heterocycles. The van der Waals surface area contributed by atoms with Crippen molar-refractivity contribution in [2.75, 3.05) is 6.61 Å². The highest BCUT2D eigenvalue weighted by Gasteiger charge is 2.17. The zero-order chi connectivity index (χ0) is 14.0. The number of nitrogens with zero attached hydrogens (tertiary/aromatic N) is 1. The minimum absolute atomic E-state index is 0.0782. The number of H-pyrrole nitrogens is 1. The first-order chi connectivity index (χ1) is 9.04. The van der Waals surface area contributed by atoms with Crippen molar-refractivity contribution in [3.63, 3.8) is 0 Å². The number of aryl methyl sites for hydroxylation is 1. The fraction of sp³-hybridized carbons (Fsp3) is 0.231. The SMILES string of the molecule is CCOC(=O)c1c[nH]n(-c2ccc(F)cc2C)c1=O. The number of ether oxygens (including phenoxy) is 1. The zero-order valence-electron chi connectivity index (χ0n) is 10.6. The molecule has 0 radical (unpaired) electrons. The largest absolute Gasteiger partial charge is 0.462 e. The lowest BCUT2D eigenvalue weighted by atomic mass is 10.2. The molecule has 5 nitrogen and oxygen atoms in total. The van der Waals surface area contributed by atoms with Gasteiger partial charge in [0.25, 0.3) is 5.56 Å². The Morgan fingerprint density at radius 1 is 1.47 bits per heavy atom. The van der Waals surface area contributed by atoms with E-state index in [4.69, 9.17) is 4.74 Å². The van der Waals surface area contributed by atoms with Gasteiger partial charge in [0.15, 0.2) is 0 Å². The highest BCUT2D eigenvalue weighted by atomic mass is 19.1. The van der Waals surface area contributed by atoms with Gasteiger partial charge in [-0.05, 0) is 37.6 Å². The van der Waals surface area contributed by atoms with Crippen molar-refractivity contribution < 1.29 is 13.9 Å². The fourth-order valence-corrected chi connectivity index (χ4v) is 1.77. The van der Waals surface area contributed by atoms with Gasteiger partial charge in [-0.15, -0.1) is 0 Å². The fourth-order valence-electron chi connectivity index (χ4n) is 1.77. The zero-order valence-corrected chi connectivity index (χ0v) is 10.6. The number of hydrogen-bond acceptors (Lipinski definition) is 3. The van der Waals surface area contributed by atoms with Crippen molar-refractivity contribution in [2.24, 2.45) is 0 Å². The minimum atomic E-state index is -0.678. The van der Waals surface area contributed by atoms with Crippen molar-refractivity contribution in [1.29, 1.82) is 0 Å². The second-order valence-electron chi connectivity index (χ2n) is 3.98. The van der Waals surface area contributed by atoms with Crippen molar-refractivity contribution in [3.05, 3.63) is 51.7 Å². The topological polar surface area (TPSA) is 64.1 Å². The third kappa shape index (κ3) is 2.42. The Labute approximate surface area is 108 Å². The Kier molecular flexibility index (Phi) is 3.50. The maximum absolute atomic E-state index is 13.0. The third-order valence-corrected chi connectivity index (χ3v) is 2.67. The van der Waals surface area contributed by atoms with Crippen molar-refractivity contribution >= 4 is 5.97 Å². The average molecular weight is 264 g/mol. The number of esters is 1. The van der Waals surface area contributed by atoms with Gasteiger partial charge in [0.1, 0.15) is 11.4 Å². The van der Waals surface area contributed by atoms with Crippen LogP contribution in [0.5, 0.6) is 0 Å². The van der Waals surface area contributed by atoms with E-state index < -0.39 is 11.5 Å². The molecule has 1 N–H and O–H groups in total. The highest BCUT2D eigenvalue weighted by molar-refractivity contribution is 5.88. The van der Waals surface area contributed by atoms with E-state index in [1.165, 1.54) is 29.1 Å². The number of aromatic amines is 1. The lowest BCUT2D eigenvalue weighted by Crippen LogP contribution is -2.22. The molecule has 0 aliphatic carbocycles. The summed E-state index contributed by atoms with van der Waals surface area (Å²) in [5.41, 5.74) is 0.472. The van der Waals surface area contributed by atoms with E-state index in [9.17, 15) is 14.0 Å². The quantitative estimate of drug-likeness (QED) is 0.859. The molecule has 0 fully saturated rings. The molecule has 2 aromatic rings. The van der Waals surface area contributed by atoms with Gasteiger partial charge >= 0.3 is 5.97 Å². The number of carbonyl (C=O) groups is 1. The summed E-state index contributed by atoms with van der Waals surface area (Å²) in [6.07, 6.45) is 1.28. The number of carbonyl (C=O) groups excluding carboxylic acids is 1. The number of halogens is 1. The van der Waals surface area contributed by atoms with Crippen LogP contribution in [-0.2, 0) is 4.74 Å². The van der Waals surface area contributed by atoms with E-state index in [-0.39, 0.29) is 18.0 Å². The molecule has 1 aromatic heterocycles. The summed E-state index contributed by atoms with van der Waals surface area (Å²) in [6.45, 7) is 3.53. The van der Waals surface area contributed by atoms with Crippen LogP contribution in [0.4, 0.5) is 4.39 Å². The molecule has 0 unspecified atom stereocenters. The summed E-state index contributed by atoms with van der Waals surface area (Å²) in [5, 5.41) is 2.67. The molecule has 2 rings (SSSR count). The number of hydrogen-bond donors (Lipinski definition) is 1. The minimum Gasteiger partial charge on any atom is -0.462 e. The molecule has 1 heterocycles. The van der Waals surface area contributed by atoms with E-state index in [1.54, 1.807) is 13.8 Å². The Balaban J connectivity index is 2.48. The summed E-state index contributed by atoms with van der Waals surface area (Å²) < 4.78 is 19.0. The van der Waals surface area contributed by atoms with Crippen molar-refractivity contribution in [3.8, 4) is 5.69 Å². The molecule has 0 amide bonds. The van der Waals surface area contributed by atoms with Crippen LogP contribution in [0, 0.1) is 12.7 Å². The van der Waals surface area contributed by atoms with Crippen LogP contribution in [0.25, 0.3) is 5.69 Å². The summed E-state index contributed by atoms with van der Waals surface area (Å²) in [4.78, 5) is 23.6. The lowest BCUT2D eigenvalue weighted by Gasteiger charge is -2.05. The van der Waals surface area contributed by atoms with E-state index in [1.807, 2.05) is 0 Å². The summed E-state index contributed by atoms with van der Waals surface area (Å²) in [5.74, 6) is -1.06. The van der Waals surface area contributed by atoms with Gasteiger partial charge in [-0.2, -0.15) is 0 Å². The van der Waals surface area contributed by atoms with Gasteiger partial charge in [0.05, 0.1) is 12.3 Å². The van der Waals surface area contributed by atoms with Gasteiger partial charge in [-0.25, -0.2) is 13.9 Å². The average Bonchev–Trinajstić information content (AvgIpc) is 2.72. The Morgan fingerprint density at radius 3 is 2.84 bits per heavy atom. The van der Waals surface area contributed by atoms with Gasteiger partial charge in [0, 0.05) is 6.20 Å². The van der Waals surface area contributed by atoms with E-state index in [0.717, 1.165) is 0 Å². The molecular formula is C13H13FN2O3. The second kappa shape index (κ2) is 5.09. The molecule has 0 saturated heterocycles. The molecule has 6 heteroatoms. The number of benzene rings is 1. The first-order valence-electron chi connectivity index (χ1n) is 5.78. The number of nitrogens with one attached hydrogen (secondary N) is 1. The van der Waals surface area contributed by atoms with Gasteiger partial charge < -0.3 is 4.74 Å². The van der Waals surface area contributed by atoms with Crippen LogP contribution in [0.15, 0.2) is 29.2 Å². The third-order valence-electron chi connectivity index (χ3n) is 2.67. The Hall–Kier alpha value is -2.37. The van der Waals surface area contributed by atoms with E-state index >= 15 is 0 Å². The van der Waals surface area contributed by atoms with E-state index in [2.05, 4.69) is 5.10 Å². The molecule has 0 aliphatic rings. The normalized spacial score (nSPS) is 10.5. The van der Waals surface area contributed by atoms with Crippen LogP contribution in [-0.4, -0.2) is 22.4 Å². The van der Waals surface area contributed by atoms with E-state index in [0.29, 0.717) is 11.3 Å². The molecule has 0 saturated carbocycles. The monoisotopic (exact) mass is 264 g/mol. The predicted octanol–water partition coefficient (Wildman–Crippen LogP) is 1.79. The standard InChI is InChI=1S/C13H13FN2O3/c1-3-19-13(18)10-7-15-16(12(10)17)11-5-4-9(14)6-8(11)2/h4-7,15H,3H2,1-2H3. The number of aromatic nitrogens is 2. The van der Waals surface area contributed by atoms with Gasteiger partial charge in [-0.3, -0.25) is 9.89 Å². The summed E-state index contributed by atoms with van der Waals surface area (Å²) in [6, 6.07) is 4.03. The molecule has 0 spiro atoms. The van der Waals surface area contributed by atoms with Crippen LogP contribution < -0.4 is 5.56 Å². The summed E-state index contributed by atoms with van der Waals surface area (Å²) in [7, 11) is 0. The smallest absolute Gasteiger partial charge is 0.345 e. The molecule has 19 heavy (non-hydrogen) atoms. The molecule has 0 atom stereocenters. The van der Waals surface area contributed by atoms with Crippen LogP contribution >= 0.6 is 0 Å². The summed E-state index contributed by atoms with van der Waals surface area (Å²) >= 11 is 0. The maximum atomic E-state index is 13.0. The Bertz CT molecular complexity index is 673. The lowest BCUT2D eigenvalue weighted by molar-refractivity contribution is 0.0525. The highest BCUT2D eigenvalue weighted by Crippen LogP contribution is 2.13. The first-order valence-corrected chi connectivity index (χ1v) is 5.78. The van der Waals surface area contributed by atoms with Crippen LogP contribution in [0.1, 0.15) is 22.8 Å². The second-order valence-corrected chi connectivity index (χ2v) is 3.98. The van der Waals surface area contributed by atoms with Crippen LogP contribution in [0.3, 0.4) is 0 Å². The molecule has 100 valence electrons. The predicted molar refractivity (Wildman–Crippen MR) is 67.0 cm³/mol. The van der Waals surface area contributed by atoms with Crippen molar-refractivity contribution in [1.82, 2.24) is 9.78 Å². The number of rotatable bonds is 3. The molecule has 1 aromatic carbocycles. The maximum Gasteiger partial charge on any atom is 0.345 e.